The number of carbonyl (C=O) groups excluding carboxylic acids is 2. The molecule has 28 heavy (non-hydrogen) atoms. The summed E-state index contributed by atoms with van der Waals surface area (Å²) >= 11 is 0. The molecule has 152 valence electrons. The molecular weight excluding hydrogens is 352 g/mol. The summed E-state index contributed by atoms with van der Waals surface area (Å²) in [7, 11) is 0. The van der Waals surface area contributed by atoms with Crippen LogP contribution in [0.1, 0.15) is 38.7 Å². The summed E-state index contributed by atoms with van der Waals surface area (Å²) in [5, 5.41) is 2.39. The smallest absolute Gasteiger partial charge is 0.220 e. The summed E-state index contributed by atoms with van der Waals surface area (Å²) in [6, 6.07) is 14.5. The Morgan fingerprint density at radius 2 is 1.86 bits per heavy atom. The molecule has 0 aliphatic heterocycles. The van der Waals surface area contributed by atoms with Gasteiger partial charge in [0.15, 0.2) is 0 Å². The maximum absolute atomic E-state index is 11.7. The van der Waals surface area contributed by atoms with Gasteiger partial charge >= 0.3 is 0 Å². The normalized spacial score (nSPS) is 13.5. The molecule has 0 aliphatic rings. The zero-order valence-electron chi connectivity index (χ0n) is 17.0. The van der Waals surface area contributed by atoms with Crippen molar-refractivity contribution >= 4 is 23.0 Å². The lowest BCUT2D eigenvalue weighted by Gasteiger charge is -2.33. The predicted octanol–water partition coefficient (Wildman–Crippen LogP) is 3.33. The van der Waals surface area contributed by atoms with Crippen molar-refractivity contribution in [3.05, 3.63) is 48.0 Å². The van der Waals surface area contributed by atoms with Crippen LogP contribution in [0.5, 0.6) is 0 Å². The second-order valence-electron chi connectivity index (χ2n) is 7.21. The van der Waals surface area contributed by atoms with E-state index in [2.05, 4.69) is 43.0 Å². The van der Waals surface area contributed by atoms with Gasteiger partial charge in [0.2, 0.25) is 5.91 Å². The highest BCUT2D eigenvalue weighted by Gasteiger charge is 2.33. The molecule has 0 spiro atoms. The van der Waals surface area contributed by atoms with E-state index in [4.69, 9.17) is 10.5 Å². The van der Waals surface area contributed by atoms with Crippen molar-refractivity contribution in [1.29, 1.82) is 0 Å². The molecule has 2 aromatic carbocycles. The predicted molar refractivity (Wildman–Crippen MR) is 113 cm³/mol. The molecule has 5 heteroatoms. The molecule has 1 unspecified atom stereocenters. The minimum atomic E-state index is -0.833. The summed E-state index contributed by atoms with van der Waals surface area (Å²) < 4.78 is 6.21. The fraction of sp³-hybridized carbons (Fsp3) is 0.478. The Kier molecular flexibility index (Phi) is 8.61. The number of nitrogens with zero attached hydrogens (tertiary/aromatic N) is 1. The Labute approximate surface area is 167 Å². The highest BCUT2D eigenvalue weighted by Crippen LogP contribution is 2.26. The van der Waals surface area contributed by atoms with Gasteiger partial charge < -0.3 is 20.2 Å². The van der Waals surface area contributed by atoms with Gasteiger partial charge in [-0.05, 0) is 42.3 Å². The summed E-state index contributed by atoms with van der Waals surface area (Å²) in [6.07, 6.45) is 2.39. The standard InChI is InChI=1S/C23H32N2O3/c1-3-25(4-2)15-13-23(14-16-26,18-22(24)27)28-17-12-20-10-7-9-19-8-5-6-11-21(19)20/h5-11,16H,3-4,12-15,17-18H2,1-2H3,(H2,24,27). The number of fused-ring (bicyclic) bond motifs is 1. The van der Waals surface area contributed by atoms with E-state index in [1.807, 2.05) is 18.2 Å². The number of ether oxygens (including phenoxy) is 1. The SMILES string of the molecule is CCN(CC)CCC(CC=O)(CC(N)=O)OCCc1cccc2ccccc12. The lowest BCUT2D eigenvalue weighted by molar-refractivity contribution is -0.131. The number of hydrogen-bond acceptors (Lipinski definition) is 4. The molecule has 0 saturated heterocycles. The maximum atomic E-state index is 11.7. The number of hydrogen-bond donors (Lipinski definition) is 1. The van der Waals surface area contributed by atoms with Crippen molar-refractivity contribution in [2.45, 2.75) is 45.1 Å². The van der Waals surface area contributed by atoms with E-state index in [1.165, 1.54) is 16.3 Å². The van der Waals surface area contributed by atoms with Crippen LogP contribution in [0.2, 0.25) is 0 Å². The molecule has 0 aromatic heterocycles. The first kappa shape index (κ1) is 22.1. The van der Waals surface area contributed by atoms with Gasteiger partial charge in [-0.15, -0.1) is 0 Å². The van der Waals surface area contributed by atoms with Crippen LogP contribution in [0, 0.1) is 0 Å². The fourth-order valence-corrected chi connectivity index (χ4v) is 3.70. The minimum Gasteiger partial charge on any atom is -0.374 e. The number of primary amides is 1. The van der Waals surface area contributed by atoms with E-state index in [-0.39, 0.29) is 12.8 Å². The van der Waals surface area contributed by atoms with Gasteiger partial charge in [0, 0.05) is 13.0 Å². The summed E-state index contributed by atoms with van der Waals surface area (Å²) in [5.74, 6) is -0.438. The molecule has 0 bridgehead atoms. The molecule has 0 radical (unpaired) electrons. The summed E-state index contributed by atoms with van der Waals surface area (Å²) in [5.41, 5.74) is 5.85. The Morgan fingerprint density at radius 1 is 1.14 bits per heavy atom. The van der Waals surface area contributed by atoms with E-state index in [9.17, 15) is 9.59 Å². The Balaban J connectivity index is 2.11. The van der Waals surface area contributed by atoms with Gasteiger partial charge in [-0.25, -0.2) is 0 Å². The third-order valence-corrected chi connectivity index (χ3v) is 5.39. The fourth-order valence-electron chi connectivity index (χ4n) is 3.70. The third kappa shape index (κ3) is 6.14. The van der Waals surface area contributed by atoms with Crippen molar-refractivity contribution in [1.82, 2.24) is 4.90 Å². The summed E-state index contributed by atoms with van der Waals surface area (Å²) in [6.45, 7) is 7.23. The van der Waals surface area contributed by atoms with Gasteiger partial charge in [0.05, 0.1) is 18.6 Å². The first-order valence-electron chi connectivity index (χ1n) is 10.1. The number of aldehydes is 1. The van der Waals surface area contributed by atoms with Gasteiger partial charge in [-0.3, -0.25) is 4.79 Å². The highest BCUT2D eigenvalue weighted by molar-refractivity contribution is 5.85. The van der Waals surface area contributed by atoms with Crippen molar-refractivity contribution in [3.8, 4) is 0 Å². The average molecular weight is 385 g/mol. The molecule has 0 heterocycles. The van der Waals surface area contributed by atoms with Crippen molar-refractivity contribution in [2.24, 2.45) is 5.73 Å². The first-order chi connectivity index (χ1) is 13.5. The molecule has 0 fully saturated rings. The molecule has 5 nitrogen and oxygen atoms in total. The van der Waals surface area contributed by atoms with Crippen LogP contribution >= 0.6 is 0 Å². The van der Waals surface area contributed by atoms with E-state index in [0.29, 0.717) is 19.4 Å². The quantitative estimate of drug-likeness (QED) is 0.538. The minimum absolute atomic E-state index is 0.0581. The number of rotatable bonds is 13. The second kappa shape index (κ2) is 10.9. The Morgan fingerprint density at radius 3 is 2.54 bits per heavy atom. The molecule has 2 rings (SSSR count). The molecule has 2 N–H and O–H groups in total. The van der Waals surface area contributed by atoms with Crippen LogP contribution in [-0.4, -0.2) is 48.9 Å². The lowest BCUT2D eigenvalue weighted by Crippen LogP contribution is -2.42. The molecule has 1 amide bonds. The maximum Gasteiger partial charge on any atom is 0.220 e. The Hall–Kier alpha value is -2.24. The van der Waals surface area contributed by atoms with Crippen LogP contribution in [0.4, 0.5) is 0 Å². The zero-order chi connectivity index (χ0) is 20.4. The molecule has 2 aromatic rings. The highest BCUT2D eigenvalue weighted by atomic mass is 16.5. The van der Waals surface area contributed by atoms with Crippen LogP contribution in [0.25, 0.3) is 10.8 Å². The van der Waals surface area contributed by atoms with Crippen LogP contribution < -0.4 is 5.73 Å². The summed E-state index contributed by atoms with van der Waals surface area (Å²) in [4.78, 5) is 25.3. The van der Waals surface area contributed by atoms with Gasteiger partial charge in [0.25, 0.3) is 0 Å². The topological polar surface area (TPSA) is 72.6 Å². The van der Waals surface area contributed by atoms with E-state index in [1.54, 1.807) is 0 Å². The Bertz CT molecular complexity index is 768. The zero-order valence-corrected chi connectivity index (χ0v) is 17.0. The second-order valence-corrected chi connectivity index (χ2v) is 7.21. The van der Waals surface area contributed by atoms with Crippen LogP contribution in [0.3, 0.4) is 0 Å². The average Bonchev–Trinajstić information content (AvgIpc) is 2.68. The number of benzene rings is 2. The molecular formula is C23H32N2O3. The largest absolute Gasteiger partial charge is 0.374 e. The third-order valence-electron chi connectivity index (χ3n) is 5.39. The van der Waals surface area contributed by atoms with Gasteiger partial charge in [0.1, 0.15) is 6.29 Å². The number of carbonyl (C=O) groups is 2. The van der Waals surface area contributed by atoms with Crippen LogP contribution in [0.15, 0.2) is 42.5 Å². The first-order valence-corrected chi connectivity index (χ1v) is 10.1. The van der Waals surface area contributed by atoms with Crippen LogP contribution in [-0.2, 0) is 20.7 Å². The molecule has 0 aliphatic carbocycles. The molecule has 0 saturated carbocycles. The molecule has 1 atom stereocenters. The number of nitrogens with two attached hydrogens (primary N) is 1. The van der Waals surface area contributed by atoms with E-state index >= 15 is 0 Å². The van der Waals surface area contributed by atoms with Crippen molar-refractivity contribution in [2.75, 3.05) is 26.2 Å². The number of amides is 1. The van der Waals surface area contributed by atoms with Crippen molar-refractivity contribution < 1.29 is 14.3 Å². The lowest BCUT2D eigenvalue weighted by atomic mass is 9.91. The van der Waals surface area contributed by atoms with Crippen molar-refractivity contribution in [3.63, 3.8) is 0 Å². The van der Waals surface area contributed by atoms with Gasteiger partial charge in [-0.1, -0.05) is 56.3 Å². The monoisotopic (exact) mass is 384 g/mol. The van der Waals surface area contributed by atoms with E-state index in [0.717, 1.165) is 25.9 Å². The van der Waals surface area contributed by atoms with E-state index < -0.39 is 11.5 Å². The van der Waals surface area contributed by atoms with Gasteiger partial charge in [-0.2, -0.15) is 0 Å².